The minimum atomic E-state index is -4.46. The Kier molecular flexibility index (Phi) is 3.07. The Morgan fingerprint density at radius 3 is 1.95 bits per heavy atom. The van der Waals surface area contributed by atoms with Crippen molar-refractivity contribution in [3.8, 4) is 0 Å². The molecule has 0 aliphatic heterocycles. The number of halogens is 2. The van der Waals surface area contributed by atoms with Gasteiger partial charge in [0.25, 0.3) is 0 Å². The van der Waals surface area contributed by atoms with E-state index in [2.05, 4.69) is 69.3 Å². The molecule has 2 rings (SSSR count). The van der Waals surface area contributed by atoms with Crippen LogP contribution in [0, 0.1) is 0 Å². The molecule has 1 nitrogen and oxygen atoms in total. The number of hydrogen-bond donors (Lipinski definition) is 1. The van der Waals surface area contributed by atoms with Gasteiger partial charge in [-0.05, 0) is 0 Å². The van der Waals surface area contributed by atoms with Gasteiger partial charge in [-0.15, -0.1) is 24.8 Å². The van der Waals surface area contributed by atoms with Crippen molar-refractivity contribution in [2.75, 3.05) is 0 Å². The zero-order valence-electron chi connectivity index (χ0n) is 13.0. The van der Waals surface area contributed by atoms with Crippen molar-refractivity contribution in [2.24, 2.45) is 0 Å². The van der Waals surface area contributed by atoms with Gasteiger partial charge >= 0.3 is 96.8 Å². The maximum absolute atomic E-state index is 4.46. The molecule has 1 heterocycles. The van der Waals surface area contributed by atoms with Crippen molar-refractivity contribution in [1.82, 2.24) is 4.98 Å². The van der Waals surface area contributed by atoms with E-state index in [0.29, 0.717) is 0 Å². The number of allylic oxidation sites excluding steroid dienone is 4. The van der Waals surface area contributed by atoms with Crippen LogP contribution in [0.5, 0.6) is 0 Å². The van der Waals surface area contributed by atoms with E-state index in [4.69, 9.17) is 0 Å². The second kappa shape index (κ2) is 3.03. The molecule has 0 saturated carbocycles. The molecule has 1 aliphatic rings. The fourth-order valence-electron chi connectivity index (χ4n) is 3.17. The average Bonchev–Trinajstić information content (AvgIpc) is 2.76. The Morgan fingerprint density at radius 2 is 1.58 bits per heavy atom. The summed E-state index contributed by atoms with van der Waals surface area (Å²) in [7, 11) is 0. The van der Waals surface area contributed by atoms with E-state index < -0.39 is 14.3 Å². The summed E-state index contributed by atoms with van der Waals surface area (Å²) in [6.07, 6.45) is 9.95. The molecule has 19 heavy (non-hydrogen) atoms. The van der Waals surface area contributed by atoms with Crippen molar-refractivity contribution in [3.63, 3.8) is 0 Å². The summed E-state index contributed by atoms with van der Waals surface area (Å²) in [5, 5.41) is 0. The quantitative estimate of drug-likeness (QED) is 0.651. The number of hydrogen-bond acceptors (Lipinski definition) is 0. The van der Waals surface area contributed by atoms with Crippen molar-refractivity contribution in [2.45, 2.75) is 34.2 Å². The molecular formula is C15H29Cl2NZr. The first kappa shape index (κ1) is 19.2. The molecule has 0 atom stereocenters. The van der Waals surface area contributed by atoms with Crippen LogP contribution in [0.1, 0.15) is 6.42 Å². The van der Waals surface area contributed by atoms with Crippen LogP contribution in [-0.4, -0.2) is 4.98 Å². The third kappa shape index (κ3) is 2.69. The van der Waals surface area contributed by atoms with Gasteiger partial charge < -0.3 is 0 Å². The number of nitrogens with one attached hydrogen (secondary N) is 1. The van der Waals surface area contributed by atoms with Crippen molar-refractivity contribution in [1.29, 1.82) is 0 Å². The minimum absolute atomic E-state index is 0. The third-order valence-electron chi connectivity index (χ3n) is 5.21. The Morgan fingerprint density at radius 1 is 1.00 bits per heavy atom. The first-order valence-corrected chi connectivity index (χ1v) is 23.9. The van der Waals surface area contributed by atoms with E-state index in [9.17, 15) is 0 Å². The molecule has 0 unspecified atom stereocenters. The van der Waals surface area contributed by atoms with E-state index in [1.807, 2.05) is 0 Å². The van der Waals surface area contributed by atoms with E-state index in [-0.39, 0.29) is 24.8 Å². The standard InChI is InChI=1S/C5H5.C4H4N.6CH3.2ClH.Zr/c2*1-2-4-5-3-1;;;;;;;;;/h1-3H,4H2;1-3,5H;6*1H3;2*1H;. The van der Waals surface area contributed by atoms with Crippen LogP contribution >= 0.6 is 24.8 Å². The van der Waals surface area contributed by atoms with Crippen LogP contribution in [-0.2, 0) is 14.3 Å². The summed E-state index contributed by atoms with van der Waals surface area (Å²) in [6.45, 7) is 0. The molecule has 0 amide bonds. The second-order valence-electron chi connectivity index (χ2n) is 13.0. The SMILES string of the molecule is Cl.Cl.[CH3][Zr]([CH3])([CH3])([CH3])([CH3])([CH3])([C]1=CC=CC1)[c]1ccc[nH]1. The molecule has 0 bridgehead atoms. The molecule has 1 aromatic rings. The van der Waals surface area contributed by atoms with Crippen molar-refractivity contribution in [3.05, 3.63) is 39.8 Å². The molecule has 1 aromatic heterocycles. The Bertz CT molecular complexity index is 576. The summed E-state index contributed by atoms with van der Waals surface area (Å²) in [6, 6.07) is 4.39. The fraction of sp³-hybridized carbons (Fsp3) is 0.467. The number of rotatable bonds is 2. The van der Waals surface area contributed by atoms with Gasteiger partial charge in [-0.25, -0.2) is 0 Å². The maximum atomic E-state index is 3.53. The van der Waals surface area contributed by atoms with Crippen LogP contribution in [0.25, 0.3) is 0 Å². The molecule has 0 fully saturated rings. The summed E-state index contributed by atoms with van der Waals surface area (Å²) in [5.41, 5.74) is 0. The van der Waals surface area contributed by atoms with Crippen LogP contribution in [0.4, 0.5) is 0 Å². The van der Waals surface area contributed by atoms with Gasteiger partial charge in [0.15, 0.2) is 0 Å². The van der Waals surface area contributed by atoms with E-state index in [1.54, 1.807) is 3.28 Å². The number of aromatic amines is 1. The van der Waals surface area contributed by atoms with E-state index >= 15 is 0 Å². The van der Waals surface area contributed by atoms with E-state index in [1.165, 1.54) is 3.40 Å². The topological polar surface area (TPSA) is 15.8 Å². The monoisotopic (exact) mass is 383 g/mol. The summed E-state index contributed by atoms with van der Waals surface area (Å²) in [5.74, 6) is 0. The van der Waals surface area contributed by atoms with E-state index in [0.717, 1.165) is 6.42 Å². The van der Waals surface area contributed by atoms with Crippen LogP contribution in [0.3, 0.4) is 0 Å². The number of aromatic nitrogens is 1. The molecule has 4 heteroatoms. The molecule has 0 spiro atoms. The van der Waals surface area contributed by atoms with Gasteiger partial charge in [0.1, 0.15) is 0 Å². The first-order valence-electron chi connectivity index (χ1n) is 6.71. The van der Waals surface area contributed by atoms with Gasteiger partial charge in [0.2, 0.25) is 0 Å². The molecule has 1 aliphatic carbocycles. The summed E-state index contributed by atoms with van der Waals surface area (Å²) < 4.78 is 18.1. The molecule has 0 aromatic carbocycles. The molecular weight excluding hydrogens is 356 g/mol. The van der Waals surface area contributed by atoms with Gasteiger partial charge in [-0.3, -0.25) is 0 Å². The predicted octanol–water partition coefficient (Wildman–Crippen LogP) is 5.91. The van der Waals surface area contributed by atoms with Crippen LogP contribution < -0.4 is 3.40 Å². The molecule has 0 radical (unpaired) electrons. The Hall–Kier alpha value is 0.223. The zero-order valence-corrected chi connectivity index (χ0v) is 17.1. The Labute approximate surface area is 121 Å². The van der Waals surface area contributed by atoms with Gasteiger partial charge in [0.05, 0.1) is 0 Å². The predicted molar refractivity (Wildman–Crippen MR) is 91.9 cm³/mol. The van der Waals surface area contributed by atoms with Crippen LogP contribution in [0.15, 0.2) is 39.8 Å². The normalized spacial score (nSPS) is 22.7. The summed E-state index contributed by atoms with van der Waals surface area (Å²) in [4.78, 5) is 3.53. The van der Waals surface area contributed by atoms with Gasteiger partial charge in [0, 0.05) is 0 Å². The average molecular weight is 386 g/mol. The van der Waals surface area contributed by atoms with Crippen molar-refractivity contribution >= 4 is 28.2 Å². The molecule has 0 saturated heterocycles. The van der Waals surface area contributed by atoms with Crippen molar-refractivity contribution < 1.29 is 14.3 Å². The number of H-pyrrole nitrogens is 1. The first-order chi connectivity index (χ1) is 7.16. The molecule has 1 N–H and O–H groups in total. The Balaban J connectivity index is 0.00000162. The van der Waals surface area contributed by atoms with Crippen LogP contribution in [0.2, 0.25) is 27.8 Å². The van der Waals surface area contributed by atoms with Gasteiger partial charge in [-0.2, -0.15) is 0 Å². The molecule has 112 valence electrons. The second-order valence-corrected chi connectivity index (χ2v) is 68.2. The van der Waals surface area contributed by atoms with Gasteiger partial charge in [-0.1, -0.05) is 0 Å². The zero-order chi connectivity index (χ0) is 13.2. The summed E-state index contributed by atoms with van der Waals surface area (Å²) >= 11 is -4.46. The third-order valence-corrected chi connectivity index (χ3v) is 25.8. The fourth-order valence-corrected chi connectivity index (χ4v) is 15.9.